The summed E-state index contributed by atoms with van der Waals surface area (Å²) in [6.07, 6.45) is -13.5. The molecule has 1 aromatic carbocycles. The van der Waals surface area contributed by atoms with Crippen LogP contribution in [0.2, 0.25) is 0 Å². The molecule has 2 N–H and O–H groups in total. The monoisotopic (exact) mass is 288 g/mol. The van der Waals surface area contributed by atoms with Gasteiger partial charge in [0.15, 0.2) is 6.10 Å². The number of hydrogen-bond acceptors (Lipinski definition) is 2. The number of alkyl halides is 6. The Labute approximate surface area is 102 Å². The number of hydrogen-bond donors (Lipinski definition) is 2. The Morgan fingerprint density at radius 1 is 1.05 bits per heavy atom. The van der Waals surface area contributed by atoms with Gasteiger partial charge in [-0.3, -0.25) is 0 Å². The van der Waals surface area contributed by atoms with Crippen LogP contribution < -0.4 is 0 Å². The number of rotatable bonds is 2. The highest BCUT2D eigenvalue weighted by Crippen LogP contribution is 2.43. The van der Waals surface area contributed by atoms with Crippen LogP contribution in [0, 0.1) is 0 Å². The molecule has 1 rings (SSSR count). The maximum absolute atomic E-state index is 12.7. The van der Waals surface area contributed by atoms with Gasteiger partial charge in [-0.25, -0.2) is 4.79 Å². The molecule has 0 aliphatic heterocycles. The molecule has 106 valence electrons. The van der Waals surface area contributed by atoms with Gasteiger partial charge in [0.2, 0.25) is 0 Å². The number of aliphatic carboxylic acids is 1. The predicted octanol–water partition coefficient (Wildman–Crippen LogP) is 2.84. The quantitative estimate of drug-likeness (QED) is 0.823. The van der Waals surface area contributed by atoms with Gasteiger partial charge in [0, 0.05) is 5.56 Å². The van der Waals surface area contributed by atoms with Gasteiger partial charge in [-0.05, 0) is 6.07 Å². The van der Waals surface area contributed by atoms with E-state index in [-0.39, 0.29) is 6.07 Å². The summed E-state index contributed by atoms with van der Waals surface area (Å²) in [5, 5.41) is 17.5. The molecule has 0 radical (unpaired) electrons. The van der Waals surface area contributed by atoms with Crippen molar-refractivity contribution in [2.45, 2.75) is 18.5 Å². The largest absolute Gasteiger partial charge is 0.479 e. The summed E-state index contributed by atoms with van der Waals surface area (Å²) in [6.45, 7) is 0. The number of carboxylic acids is 1. The lowest BCUT2D eigenvalue weighted by Crippen LogP contribution is -2.22. The number of aliphatic hydroxyl groups excluding tert-OH is 1. The van der Waals surface area contributed by atoms with Crippen LogP contribution in [0.4, 0.5) is 26.3 Å². The van der Waals surface area contributed by atoms with Crippen LogP contribution in [0.5, 0.6) is 0 Å². The van der Waals surface area contributed by atoms with E-state index in [2.05, 4.69) is 0 Å². The van der Waals surface area contributed by atoms with Crippen molar-refractivity contribution in [3.63, 3.8) is 0 Å². The second kappa shape index (κ2) is 4.72. The average molecular weight is 288 g/mol. The number of aliphatic hydroxyl groups is 1. The van der Waals surface area contributed by atoms with E-state index in [1.807, 2.05) is 0 Å². The molecule has 0 unspecified atom stereocenters. The molecule has 0 bridgehead atoms. The minimum absolute atomic E-state index is 0.168. The first-order valence-corrected chi connectivity index (χ1v) is 4.64. The Morgan fingerprint density at radius 2 is 1.58 bits per heavy atom. The molecule has 0 saturated carbocycles. The minimum Gasteiger partial charge on any atom is -0.479 e. The molecule has 0 saturated heterocycles. The smallest absolute Gasteiger partial charge is 0.417 e. The summed E-state index contributed by atoms with van der Waals surface area (Å²) in [6, 6.07) is 1.25. The number of halogens is 6. The SMILES string of the molecule is O=C(O)[C@@H](O)c1cccc(C(F)(F)F)c1C(F)(F)F. The third-order valence-corrected chi connectivity index (χ3v) is 2.21. The molecule has 1 aromatic rings. The van der Waals surface area contributed by atoms with Gasteiger partial charge >= 0.3 is 18.3 Å². The third-order valence-electron chi connectivity index (χ3n) is 2.21. The van der Waals surface area contributed by atoms with Crippen molar-refractivity contribution in [3.8, 4) is 0 Å². The van der Waals surface area contributed by atoms with Gasteiger partial charge in [-0.1, -0.05) is 12.1 Å². The lowest BCUT2D eigenvalue weighted by Gasteiger charge is -2.20. The average Bonchev–Trinajstić information content (AvgIpc) is 2.24. The summed E-state index contributed by atoms with van der Waals surface area (Å²) in [5.74, 6) is -2.08. The van der Waals surface area contributed by atoms with Gasteiger partial charge < -0.3 is 10.2 Å². The maximum atomic E-state index is 12.7. The van der Waals surface area contributed by atoms with Crippen molar-refractivity contribution < 1.29 is 41.4 Å². The van der Waals surface area contributed by atoms with Crippen LogP contribution in [0.25, 0.3) is 0 Å². The normalized spacial score (nSPS) is 14.3. The van der Waals surface area contributed by atoms with E-state index in [4.69, 9.17) is 10.2 Å². The standard InChI is InChI=1S/C10H6F6O3/c11-9(12,13)5-3-1-2-4(7(17)8(18)19)6(5)10(14,15)16/h1-3,7,17H,(H,18,19)/t7-/m0/s1. The lowest BCUT2D eigenvalue weighted by atomic mass is 9.96. The fourth-order valence-corrected chi connectivity index (χ4v) is 1.48. The molecular formula is C10H6F6O3. The zero-order valence-electron chi connectivity index (χ0n) is 8.88. The highest BCUT2D eigenvalue weighted by atomic mass is 19.4. The van der Waals surface area contributed by atoms with E-state index in [1.54, 1.807) is 0 Å². The second-order valence-corrected chi connectivity index (χ2v) is 3.51. The van der Waals surface area contributed by atoms with E-state index in [0.717, 1.165) is 0 Å². The Balaban J connectivity index is 3.62. The Bertz CT molecular complexity index is 491. The molecule has 0 aliphatic carbocycles. The Hall–Kier alpha value is -1.77. The van der Waals surface area contributed by atoms with Crippen LogP contribution in [-0.4, -0.2) is 16.2 Å². The number of carbonyl (C=O) groups is 1. The Morgan fingerprint density at radius 3 is 1.95 bits per heavy atom. The van der Waals surface area contributed by atoms with Gasteiger partial charge in [0.05, 0.1) is 11.1 Å². The van der Waals surface area contributed by atoms with Crippen molar-refractivity contribution in [2.75, 3.05) is 0 Å². The Kier molecular flexibility index (Phi) is 3.80. The van der Waals surface area contributed by atoms with Gasteiger partial charge in [-0.15, -0.1) is 0 Å². The van der Waals surface area contributed by atoms with Crippen LogP contribution in [0.15, 0.2) is 18.2 Å². The molecule has 3 nitrogen and oxygen atoms in total. The number of benzene rings is 1. The molecule has 9 heteroatoms. The molecule has 0 fully saturated rings. The van der Waals surface area contributed by atoms with Crippen molar-refractivity contribution in [1.82, 2.24) is 0 Å². The molecule has 0 spiro atoms. The van der Waals surface area contributed by atoms with E-state index in [1.165, 1.54) is 0 Å². The maximum Gasteiger partial charge on any atom is 0.417 e. The van der Waals surface area contributed by atoms with Gasteiger partial charge in [0.25, 0.3) is 0 Å². The zero-order chi connectivity index (χ0) is 15.0. The van der Waals surface area contributed by atoms with Crippen molar-refractivity contribution >= 4 is 5.97 Å². The van der Waals surface area contributed by atoms with Crippen LogP contribution >= 0.6 is 0 Å². The van der Waals surface area contributed by atoms with E-state index in [9.17, 15) is 31.1 Å². The van der Waals surface area contributed by atoms with Crippen LogP contribution in [-0.2, 0) is 17.1 Å². The molecule has 0 aliphatic rings. The lowest BCUT2D eigenvalue weighted by molar-refractivity contribution is -0.164. The van der Waals surface area contributed by atoms with Crippen LogP contribution in [0.1, 0.15) is 22.8 Å². The first-order chi connectivity index (χ1) is 8.46. The predicted molar refractivity (Wildman–Crippen MR) is 49.0 cm³/mol. The van der Waals surface area contributed by atoms with E-state index >= 15 is 0 Å². The zero-order valence-corrected chi connectivity index (χ0v) is 8.88. The first-order valence-electron chi connectivity index (χ1n) is 4.64. The molecule has 19 heavy (non-hydrogen) atoms. The van der Waals surface area contributed by atoms with E-state index in [0.29, 0.717) is 12.1 Å². The topological polar surface area (TPSA) is 57.5 Å². The van der Waals surface area contributed by atoms with Crippen molar-refractivity contribution in [3.05, 3.63) is 34.9 Å². The second-order valence-electron chi connectivity index (χ2n) is 3.51. The fourth-order valence-electron chi connectivity index (χ4n) is 1.48. The highest BCUT2D eigenvalue weighted by molar-refractivity contribution is 5.75. The molecule has 0 heterocycles. The summed E-state index contributed by atoms with van der Waals surface area (Å²) >= 11 is 0. The van der Waals surface area contributed by atoms with Crippen molar-refractivity contribution in [1.29, 1.82) is 0 Å². The first kappa shape index (κ1) is 15.3. The third kappa shape index (κ3) is 3.16. The minimum atomic E-state index is -5.45. The number of carboxylic acid groups (broad SMARTS) is 1. The van der Waals surface area contributed by atoms with Crippen molar-refractivity contribution in [2.24, 2.45) is 0 Å². The van der Waals surface area contributed by atoms with Crippen LogP contribution in [0.3, 0.4) is 0 Å². The molecular weight excluding hydrogens is 282 g/mol. The highest BCUT2D eigenvalue weighted by Gasteiger charge is 2.46. The molecule has 0 aromatic heterocycles. The fraction of sp³-hybridized carbons (Fsp3) is 0.300. The summed E-state index contributed by atoms with van der Waals surface area (Å²) in [5.41, 5.74) is -5.59. The summed E-state index contributed by atoms with van der Waals surface area (Å²) < 4.78 is 75.5. The molecule has 1 atom stereocenters. The van der Waals surface area contributed by atoms with Gasteiger partial charge in [-0.2, -0.15) is 26.3 Å². The summed E-state index contributed by atoms with van der Waals surface area (Å²) in [4.78, 5) is 10.4. The van der Waals surface area contributed by atoms with E-state index < -0.39 is 41.1 Å². The molecule has 0 amide bonds. The summed E-state index contributed by atoms with van der Waals surface area (Å²) in [7, 11) is 0. The van der Waals surface area contributed by atoms with Gasteiger partial charge in [0.1, 0.15) is 0 Å².